The molecular formula is C11H16ClNO2S. The van der Waals surface area contributed by atoms with Crippen LogP contribution in [0.1, 0.15) is 18.4 Å². The van der Waals surface area contributed by atoms with Crippen LogP contribution in [-0.2, 0) is 10.0 Å². The van der Waals surface area contributed by atoms with Crippen molar-refractivity contribution >= 4 is 27.3 Å². The second-order valence-corrected chi connectivity index (χ2v) is 5.91. The van der Waals surface area contributed by atoms with Gasteiger partial charge in [-0.1, -0.05) is 12.1 Å². The van der Waals surface area contributed by atoms with Gasteiger partial charge in [-0.15, -0.1) is 11.6 Å². The Morgan fingerprint density at radius 1 is 1.31 bits per heavy atom. The maximum Gasteiger partial charge on any atom is 0.232 e. The topological polar surface area (TPSA) is 46.2 Å². The van der Waals surface area contributed by atoms with Crippen molar-refractivity contribution in [1.29, 1.82) is 0 Å². The molecule has 1 N–H and O–H groups in total. The molecule has 1 aromatic rings. The molecule has 0 saturated heterocycles. The summed E-state index contributed by atoms with van der Waals surface area (Å²) < 4.78 is 25.8. The highest BCUT2D eigenvalue weighted by atomic mass is 35.5. The first kappa shape index (κ1) is 13.3. The largest absolute Gasteiger partial charge is 0.284 e. The minimum absolute atomic E-state index is 0.119. The second kappa shape index (κ2) is 6.11. The minimum Gasteiger partial charge on any atom is -0.284 e. The molecule has 0 spiro atoms. The van der Waals surface area contributed by atoms with Crippen LogP contribution < -0.4 is 4.72 Å². The quantitative estimate of drug-likeness (QED) is 0.632. The van der Waals surface area contributed by atoms with Crippen LogP contribution in [0.5, 0.6) is 0 Å². The lowest BCUT2D eigenvalue weighted by Crippen LogP contribution is -2.16. The Hall–Kier alpha value is -0.740. The van der Waals surface area contributed by atoms with Crippen LogP contribution in [0, 0.1) is 6.92 Å². The number of hydrogen-bond acceptors (Lipinski definition) is 2. The van der Waals surface area contributed by atoms with Gasteiger partial charge >= 0.3 is 0 Å². The van der Waals surface area contributed by atoms with E-state index in [1.807, 2.05) is 19.1 Å². The van der Waals surface area contributed by atoms with E-state index in [0.29, 0.717) is 18.0 Å². The molecule has 1 rings (SSSR count). The first-order chi connectivity index (χ1) is 7.53. The Morgan fingerprint density at radius 3 is 2.69 bits per heavy atom. The fourth-order valence-electron chi connectivity index (χ4n) is 1.33. The molecule has 0 aliphatic carbocycles. The Kier molecular flexibility index (Phi) is 5.09. The molecule has 1 aromatic carbocycles. The third-order valence-corrected chi connectivity index (χ3v) is 3.73. The summed E-state index contributed by atoms with van der Waals surface area (Å²) in [6.45, 7) is 1.92. The van der Waals surface area contributed by atoms with Crippen molar-refractivity contribution in [2.45, 2.75) is 19.8 Å². The van der Waals surface area contributed by atoms with Crippen LogP contribution in [0.25, 0.3) is 0 Å². The third kappa shape index (κ3) is 4.86. The SMILES string of the molecule is Cc1cccc(NS(=O)(=O)CCCCCl)c1. The van der Waals surface area contributed by atoms with Crippen molar-refractivity contribution in [3.05, 3.63) is 29.8 Å². The van der Waals surface area contributed by atoms with E-state index < -0.39 is 10.0 Å². The number of nitrogens with one attached hydrogen (secondary N) is 1. The van der Waals surface area contributed by atoms with Crippen LogP contribution >= 0.6 is 11.6 Å². The fraction of sp³-hybridized carbons (Fsp3) is 0.455. The summed E-state index contributed by atoms with van der Waals surface area (Å²) >= 11 is 5.50. The van der Waals surface area contributed by atoms with Crippen LogP contribution in [0.15, 0.2) is 24.3 Å². The average Bonchev–Trinajstić information content (AvgIpc) is 2.17. The molecule has 16 heavy (non-hydrogen) atoms. The number of rotatable bonds is 6. The first-order valence-corrected chi connectivity index (χ1v) is 7.35. The summed E-state index contributed by atoms with van der Waals surface area (Å²) in [6, 6.07) is 7.29. The fourth-order valence-corrected chi connectivity index (χ4v) is 2.69. The Balaban J connectivity index is 2.59. The van der Waals surface area contributed by atoms with Gasteiger partial charge in [0.15, 0.2) is 0 Å². The van der Waals surface area contributed by atoms with Crippen molar-refractivity contribution in [3.8, 4) is 0 Å². The maximum absolute atomic E-state index is 11.6. The molecule has 0 aliphatic rings. The molecule has 0 atom stereocenters. The molecule has 90 valence electrons. The van der Waals surface area contributed by atoms with Gasteiger partial charge in [0.2, 0.25) is 10.0 Å². The van der Waals surface area contributed by atoms with Gasteiger partial charge < -0.3 is 0 Å². The number of anilines is 1. The monoisotopic (exact) mass is 261 g/mol. The number of benzene rings is 1. The summed E-state index contributed by atoms with van der Waals surface area (Å²) in [5, 5.41) is 0. The highest BCUT2D eigenvalue weighted by Crippen LogP contribution is 2.12. The van der Waals surface area contributed by atoms with Gasteiger partial charge in [0, 0.05) is 11.6 Å². The number of hydrogen-bond donors (Lipinski definition) is 1. The van der Waals surface area contributed by atoms with Gasteiger partial charge in [-0.3, -0.25) is 4.72 Å². The number of alkyl halides is 1. The van der Waals surface area contributed by atoms with Gasteiger partial charge in [0.1, 0.15) is 0 Å². The van der Waals surface area contributed by atoms with Crippen LogP contribution in [0.3, 0.4) is 0 Å². The van der Waals surface area contributed by atoms with Crippen LogP contribution in [0.2, 0.25) is 0 Å². The van der Waals surface area contributed by atoms with E-state index in [2.05, 4.69) is 4.72 Å². The molecule has 0 aliphatic heterocycles. The molecule has 0 heterocycles. The summed E-state index contributed by atoms with van der Waals surface area (Å²) in [4.78, 5) is 0. The number of sulfonamides is 1. The first-order valence-electron chi connectivity index (χ1n) is 5.16. The zero-order chi connectivity index (χ0) is 12.0. The number of halogens is 1. The lowest BCUT2D eigenvalue weighted by atomic mass is 10.2. The zero-order valence-electron chi connectivity index (χ0n) is 9.24. The molecule has 3 nitrogen and oxygen atoms in total. The highest BCUT2D eigenvalue weighted by molar-refractivity contribution is 7.92. The predicted molar refractivity (Wildman–Crippen MR) is 68.5 cm³/mol. The molecule has 0 unspecified atom stereocenters. The molecule has 5 heteroatoms. The molecular weight excluding hydrogens is 246 g/mol. The average molecular weight is 262 g/mol. The summed E-state index contributed by atoms with van der Waals surface area (Å²) in [6.07, 6.45) is 1.31. The molecule has 0 bridgehead atoms. The lowest BCUT2D eigenvalue weighted by molar-refractivity contribution is 0.598. The van der Waals surface area contributed by atoms with E-state index in [-0.39, 0.29) is 5.75 Å². The third-order valence-electron chi connectivity index (χ3n) is 2.09. The van der Waals surface area contributed by atoms with E-state index in [0.717, 1.165) is 12.0 Å². The maximum atomic E-state index is 11.6. The van der Waals surface area contributed by atoms with E-state index in [1.165, 1.54) is 0 Å². The van der Waals surface area contributed by atoms with Crippen LogP contribution in [0.4, 0.5) is 5.69 Å². The van der Waals surface area contributed by atoms with Crippen molar-refractivity contribution < 1.29 is 8.42 Å². The van der Waals surface area contributed by atoms with E-state index >= 15 is 0 Å². The number of aryl methyl sites for hydroxylation is 1. The predicted octanol–water partition coefficient (Wildman–Crippen LogP) is 2.76. The van der Waals surface area contributed by atoms with Gasteiger partial charge in [-0.2, -0.15) is 0 Å². The van der Waals surface area contributed by atoms with Gasteiger partial charge in [-0.25, -0.2) is 8.42 Å². The van der Waals surface area contributed by atoms with Crippen molar-refractivity contribution in [1.82, 2.24) is 0 Å². The summed E-state index contributed by atoms with van der Waals surface area (Å²) in [5.41, 5.74) is 1.65. The van der Waals surface area contributed by atoms with E-state index in [4.69, 9.17) is 11.6 Å². The Bertz CT molecular complexity index is 431. The molecule has 0 aromatic heterocycles. The molecule has 0 fully saturated rings. The summed E-state index contributed by atoms with van der Waals surface area (Å²) in [7, 11) is -3.23. The highest BCUT2D eigenvalue weighted by Gasteiger charge is 2.09. The Morgan fingerprint density at radius 2 is 2.06 bits per heavy atom. The second-order valence-electron chi connectivity index (χ2n) is 3.69. The molecule has 0 amide bonds. The molecule has 0 radical (unpaired) electrons. The number of unbranched alkanes of at least 4 members (excludes halogenated alkanes) is 1. The van der Waals surface area contributed by atoms with Gasteiger partial charge in [0.05, 0.1) is 5.75 Å². The van der Waals surface area contributed by atoms with E-state index in [1.54, 1.807) is 12.1 Å². The van der Waals surface area contributed by atoms with Crippen LogP contribution in [-0.4, -0.2) is 20.1 Å². The van der Waals surface area contributed by atoms with Crippen molar-refractivity contribution in [2.75, 3.05) is 16.4 Å². The Labute approximate surface area is 102 Å². The van der Waals surface area contributed by atoms with Crippen molar-refractivity contribution in [3.63, 3.8) is 0 Å². The van der Waals surface area contributed by atoms with Gasteiger partial charge in [-0.05, 0) is 37.5 Å². The normalized spacial score (nSPS) is 11.4. The van der Waals surface area contributed by atoms with E-state index in [9.17, 15) is 8.42 Å². The summed E-state index contributed by atoms with van der Waals surface area (Å²) in [5.74, 6) is 0.619. The molecule has 0 saturated carbocycles. The zero-order valence-corrected chi connectivity index (χ0v) is 10.8. The van der Waals surface area contributed by atoms with Gasteiger partial charge in [0.25, 0.3) is 0 Å². The smallest absolute Gasteiger partial charge is 0.232 e. The minimum atomic E-state index is -3.23. The van der Waals surface area contributed by atoms with Crippen molar-refractivity contribution in [2.24, 2.45) is 0 Å². The standard InChI is InChI=1S/C11H16ClNO2S/c1-10-5-4-6-11(9-10)13-16(14,15)8-3-2-7-12/h4-6,9,13H,2-3,7-8H2,1H3. The lowest BCUT2D eigenvalue weighted by Gasteiger charge is -2.07.